The van der Waals surface area contributed by atoms with E-state index < -0.39 is 0 Å². The van der Waals surface area contributed by atoms with Gasteiger partial charge in [0, 0.05) is 12.1 Å². The Labute approximate surface area is 89.8 Å². The summed E-state index contributed by atoms with van der Waals surface area (Å²) in [7, 11) is 0. The van der Waals surface area contributed by atoms with Crippen LogP contribution in [0.4, 0.5) is 5.69 Å². The van der Waals surface area contributed by atoms with Crippen LogP contribution in [0.3, 0.4) is 0 Å². The average molecular weight is 198 g/mol. The summed E-state index contributed by atoms with van der Waals surface area (Å²) in [4.78, 5) is 4.36. The zero-order valence-electron chi connectivity index (χ0n) is 8.56. The quantitative estimate of drug-likeness (QED) is 0.588. The van der Waals surface area contributed by atoms with Crippen LogP contribution in [-0.4, -0.2) is 6.21 Å². The lowest BCUT2D eigenvalue weighted by Gasteiger charge is -1.96. The summed E-state index contributed by atoms with van der Waals surface area (Å²) in [5.41, 5.74) is 8.79. The highest BCUT2D eigenvalue weighted by Gasteiger charge is 2.29. The molecule has 0 amide bonds. The Morgan fingerprint density at radius 3 is 2.60 bits per heavy atom. The predicted octanol–water partition coefficient (Wildman–Crippen LogP) is 2.81. The van der Waals surface area contributed by atoms with E-state index in [0.717, 1.165) is 17.7 Å². The Morgan fingerprint density at radius 2 is 2.07 bits per heavy atom. The Bertz CT molecular complexity index is 415. The first kappa shape index (κ1) is 9.71. The second-order valence-corrected chi connectivity index (χ2v) is 3.68. The molecule has 1 aliphatic rings. The van der Waals surface area contributed by atoms with Crippen LogP contribution in [0.25, 0.3) is 0 Å². The maximum absolute atomic E-state index is 5.55. The lowest BCUT2D eigenvalue weighted by molar-refractivity contribution is 1.10. The van der Waals surface area contributed by atoms with Gasteiger partial charge in [-0.1, -0.05) is 30.4 Å². The van der Waals surface area contributed by atoms with Crippen LogP contribution in [0, 0.1) is 5.92 Å². The average Bonchev–Trinajstić information content (AvgIpc) is 2.98. The number of rotatable bonds is 3. The largest absolute Gasteiger partial charge is 0.404 e. The van der Waals surface area contributed by atoms with Crippen molar-refractivity contribution in [3.63, 3.8) is 0 Å². The van der Waals surface area contributed by atoms with E-state index in [1.165, 1.54) is 5.57 Å². The molecular weight excluding hydrogens is 184 g/mol. The first-order valence-corrected chi connectivity index (χ1v) is 5.00. The summed E-state index contributed by atoms with van der Waals surface area (Å²) in [6.07, 6.45) is 4.50. The summed E-state index contributed by atoms with van der Waals surface area (Å²) in [6, 6.07) is 9.84. The number of allylic oxidation sites excluding steroid dienone is 2. The van der Waals surface area contributed by atoms with E-state index in [1.54, 1.807) is 6.20 Å². The van der Waals surface area contributed by atoms with Gasteiger partial charge in [0.05, 0.1) is 5.69 Å². The molecule has 0 aliphatic heterocycles. The highest BCUT2D eigenvalue weighted by atomic mass is 14.7. The van der Waals surface area contributed by atoms with E-state index in [2.05, 4.69) is 11.6 Å². The number of benzene rings is 1. The van der Waals surface area contributed by atoms with Crippen LogP contribution < -0.4 is 5.73 Å². The van der Waals surface area contributed by atoms with Crippen molar-refractivity contribution in [2.75, 3.05) is 0 Å². The minimum absolute atomic E-state index is 0.433. The summed E-state index contributed by atoms with van der Waals surface area (Å²) in [5, 5.41) is 0. The van der Waals surface area contributed by atoms with Crippen molar-refractivity contribution in [3.8, 4) is 0 Å². The summed E-state index contributed by atoms with van der Waals surface area (Å²) in [6.45, 7) is 3.91. The van der Waals surface area contributed by atoms with Crippen LogP contribution in [0.15, 0.2) is 59.2 Å². The van der Waals surface area contributed by atoms with E-state index in [-0.39, 0.29) is 0 Å². The van der Waals surface area contributed by atoms with Gasteiger partial charge in [0.15, 0.2) is 0 Å². The minimum atomic E-state index is 0.433. The van der Waals surface area contributed by atoms with Gasteiger partial charge in [0.2, 0.25) is 0 Å². The van der Waals surface area contributed by atoms with Gasteiger partial charge >= 0.3 is 0 Å². The molecule has 1 aromatic rings. The van der Waals surface area contributed by atoms with Gasteiger partial charge in [-0.25, -0.2) is 0 Å². The van der Waals surface area contributed by atoms with Gasteiger partial charge in [-0.15, -0.1) is 0 Å². The Morgan fingerprint density at radius 1 is 1.40 bits per heavy atom. The van der Waals surface area contributed by atoms with Gasteiger partial charge in [-0.05, 0) is 30.3 Å². The summed E-state index contributed by atoms with van der Waals surface area (Å²) in [5.74, 6) is 0.433. The zero-order chi connectivity index (χ0) is 10.7. The molecule has 0 bridgehead atoms. The molecule has 1 aliphatic carbocycles. The molecule has 1 fully saturated rings. The second kappa shape index (κ2) is 4.13. The maximum Gasteiger partial charge on any atom is 0.0629 e. The molecule has 0 radical (unpaired) electrons. The van der Waals surface area contributed by atoms with Crippen LogP contribution in [0.1, 0.15) is 6.42 Å². The van der Waals surface area contributed by atoms with Crippen molar-refractivity contribution in [2.24, 2.45) is 16.6 Å². The summed E-state index contributed by atoms with van der Waals surface area (Å²) >= 11 is 0. The molecule has 2 rings (SSSR count). The molecule has 1 aromatic carbocycles. The van der Waals surface area contributed by atoms with Gasteiger partial charge in [-0.3, -0.25) is 4.99 Å². The van der Waals surface area contributed by atoms with Crippen molar-refractivity contribution in [2.45, 2.75) is 6.42 Å². The van der Waals surface area contributed by atoms with E-state index >= 15 is 0 Å². The number of nitrogens with two attached hydrogens (primary N) is 1. The second-order valence-electron chi connectivity index (χ2n) is 3.68. The SMILES string of the molecule is C=C1C[C@@H]1C(C=Nc1ccccc1)=CN. The van der Waals surface area contributed by atoms with Crippen LogP contribution in [0.2, 0.25) is 0 Å². The number of nitrogens with zero attached hydrogens (tertiary/aromatic N) is 1. The fourth-order valence-electron chi connectivity index (χ4n) is 1.47. The van der Waals surface area contributed by atoms with Gasteiger partial charge in [0.25, 0.3) is 0 Å². The monoisotopic (exact) mass is 198 g/mol. The molecule has 2 heteroatoms. The molecule has 1 saturated carbocycles. The third-order valence-electron chi connectivity index (χ3n) is 2.51. The van der Waals surface area contributed by atoms with Crippen molar-refractivity contribution >= 4 is 11.9 Å². The van der Waals surface area contributed by atoms with E-state index in [4.69, 9.17) is 5.73 Å². The molecule has 76 valence electrons. The molecule has 2 N–H and O–H groups in total. The van der Waals surface area contributed by atoms with Crippen LogP contribution >= 0.6 is 0 Å². The number of hydrogen-bond donors (Lipinski definition) is 1. The Kier molecular flexibility index (Phi) is 2.68. The fourth-order valence-corrected chi connectivity index (χ4v) is 1.47. The van der Waals surface area contributed by atoms with Gasteiger partial charge < -0.3 is 5.73 Å². The molecule has 0 aromatic heterocycles. The van der Waals surface area contributed by atoms with E-state index in [9.17, 15) is 0 Å². The third kappa shape index (κ3) is 2.34. The zero-order valence-corrected chi connectivity index (χ0v) is 8.56. The lowest BCUT2D eigenvalue weighted by Crippen LogP contribution is -1.92. The number of aliphatic imine (C=N–C) groups is 1. The normalized spacial score (nSPS) is 20.9. The first-order valence-electron chi connectivity index (χ1n) is 5.00. The molecule has 0 unspecified atom stereocenters. The Hall–Kier alpha value is -1.83. The molecule has 0 spiro atoms. The topological polar surface area (TPSA) is 38.4 Å². The lowest BCUT2D eigenvalue weighted by atomic mass is 10.2. The number of para-hydroxylation sites is 1. The smallest absolute Gasteiger partial charge is 0.0629 e. The summed E-state index contributed by atoms with van der Waals surface area (Å²) < 4.78 is 0. The molecule has 0 heterocycles. The minimum Gasteiger partial charge on any atom is -0.404 e. The molecule has 0 saturated heterocycles. The fraction of sp³-hybridized carbons (Fsp3) is 0.154. The number of hydrogen-bond acceptors (Lipinski definition) is 2. The van der Waals surface area contributed by atoms with Gasteiger partial charge in [-0.2, -0.15) is 0 Å². The van der Waals surface area contributed by atoms with Crippen molar-refractivity contribution < 1.29 is 0 Å². The molecule has 2 nitrogen and oxygen atoms in total. The Balaban J connectivity index is 2.08. The standard InChI is InChI=1S/C13H14N2/c1-10-7-13(10)11(8-14)9-15-12-5-3-2-4-6-12/h2-6,8-9,13H,1,7,14H2/t13-/m0/s1. The van der Waals surface area contributed by atoms with Crippen molar-refractivity contribution in [1.29, 1.82) is 0 Å². The van der Waals surface area contributed by atoms with Gasteiger partial charge in [0.1, 0.15) is 0 Å². The highest BCUT2D eigenvalue weighted by molar-refractivity contribution is 5.83. The molecule has 1 atom stereocenters. The van der Waals surface area contributed by atoms with E-state index in [1.807, 2.05) is 36.5 Å². The first-order chi connectivity index (χ1) is 7.31. The van der Waals surface area contributed by atoms with E-state index in [0.29, 0.717) is 5.92 Å². The molecular formula is C13H14N2. The maximum atomic E-state index is 5.55. The van der Waals surface area contributed by atoms with Crippen molar-refractivity contribution in [3.05, 3.63) is 54.3 Å². The molecule has 15 heavy (non-hydrogen) atoms. The third-order valence-corrected chi connectivity index (χ3v) is 2.51. The van der Waals surface area contributed by atoms with Crippen LogP contribution in [-0.2, 0) is 0 Å². The van der Waals surface area contributed by atoms with Crippen molar-refractivity contribution in [1.82, 2.24) is 0 Å². The van der Waals surface area contributed by atoms with Crippen LogP contribution in [0.5, 0.6) is 0 Å². The highest BCUT2D eigenvalue weighted by Crippen LogP contribution is 2.41. The predicted molar refractivity (Wildman–Crippen MR) is 64.1 cm³/mol.